The van der Waals surface area contributed by atoms with Crippen molar-refractivity contribution >= 4 is 17.5 Å². The molecule has 0 aliphatic carbocycles. The molecule has 0 N–H and O–H groups in total. The number of anilines is 1. The Labute approximate surface area is 154 Å². The van der Waals surface area contributed by atoms with Crippen molar-refractivity contribution < 1.29 is 9.59 Å². The Hall–Kier alpha value is -2.46. The van der Waals surface area contributed by atoms with Crippen LogP contribution < -0.4 is 4.90 Å². The topological polar surface area (TPSA) is 40.6 Å². The van der Waals surface area contributed by atoms with E-state index in [1.807, 2.05) is 36.4 Å². The van der Waals surface area contributed by atoms with E-state index >= 15 is 0 Å². The third-order valence-corrected chi connectivity index (χ3v) is 5.59. The van der Waals surface area contributed by atoms with Gasteiger partial charge < -0.3 is 0 Å². The van der Waals surface area contributed by atoms with E-state index in [-0.39, 0.29) is 17.9 Å². The van der Waals surface area contributed by atoms with Gasteiger partial charge in [0.25, 0.3) is 5.91 Å². The van der Waals surface area contributed by atoms with Crippen molar-refractivity contribution in [2.75, 3.05) is 18.0 Å². The highest BCUT2D eigenvalue weighted by atomic mass is 16.2. The minimum atomic E-state index is -0.291. The molecule has 4 nitrogen and oxygen atoms in total. The van der Waals surface area contributed by atoms with Crippen molar-refractivity contribution in [3.05, 3.63) is 66.2 Å². The van der Waals surface area contributed by atoms with Gasteiger partial charge in [0.2, 0.25) is 5.91 Å². The van der Waals surface area contributed by atoms with E-state index in [1.54, 1.807) is 0 Å². The molecule has 26 heavy (non-hydrogen) atoms. The first-order valence-corrected chi connectivity index (χ1v) is 9.42. The smallest absolute Gasteiger partial charge is 0.251 e. The van der Waals surface area contributed by atoms with E-state index in [4.69, 9.17) is 0 Å². The average Bonchev–Trinajstić information content (AvgIpc) is 2.98. The van der Waals surface area contributed by atoms with E-state index in [0.29, 0.717) is 18.0 Å². The van der Waals surface area contributed by atoms with Crippen molar-refractivity contribution in [3.63, 3.8) is 0 Å². The maximum absolute atomic E-state index is 12.9. The number of hydrogen-bond donors (Lipinski definition) is 0. The van der Waals surface area contributed by atoms with Crippen LogP contribution in [0, 0.1) is 5.92 Å². The van der Waals surface area contributed by atoms with Gasteiger partial charge in [0.15, 0.2) is 0 Å². The summed E-state index contributed by atoms with van der Waals surface area (Å²) in [5.74, 6) is 0.506. The summed E-state index contributed by atoms with van der Waals surface area (Å²) in [5.41, 5.74) is 2.07. The van der Waals surface area contributed by atoms with Crippen molar-refractivity contribution in [2.45, 2.75) is 31.7 Å². The fourth-order valence-corrected chi connectivity index (χ4v) is 4.17. The molecule has 2 amide bonds. The summed E-state index contributed by atoms with van der Waals surface area (Å²) in [5, 5.41) is 0. The molecule has 2 fully saturated rings. The van der Waals surface area contributed by atoms with Crippen LogP contribution in [0.4, 0.5) is 5.69 Å². The second-order valence-electron chi connectivity index (χ2n) is 7.29. The van der Waals surface area contributed by atoms with Gasteiger partial charge in [-0.25, -0.2) is 4.90 Å². The van der Waals surface area contributed by atoms with Crippen LogP contribution in [0.1, 0.15) is 24.8 Å². The van der Waals surface area contributed by atoms with Crippen LogP contribution in [0.2, 0.25) is 0 Å². The van der Waals surface area contributed by atoms with Gasteiger partial charge in [-0.2, -0.15) is 0 Å². The first-order chi connectivity index (χ1) is 12.7. The van der Waals surface area contributed by atoms with E-state index < -0.39 is 0 Å². The average molecular weight is 348 g/mol. The van der Waals surface area contributed by atoms with Crippen LogP contribution >= 0.6 is 0 Å². The zero-order chi connectivity index (χ0) is 17.9. The van der Waals surface area contributed by atoms with Crippen molar-refractivity contribution in [1.82, 2.24) is 4.90 Å². The SMILES string of the molecule is O=C1CC(N2CCC(Cc3ccccc3)CC2)C(=O)N1c1ccccc1. The van der Waals surface area contributed by atoms with Crippen molar-refractivity contribution in [2.24, 2.45) is 5.92 Å². The standard InChI is InChI=1S/C22H24N2O2/c25-21-16-20(22(26)24(21)19-9-5-2-6-10-19)23-13-11-18(12-14-23)15-17-7-3-1-4-8-17/h1-10,18,20H,11-16H2. The molecular formula is C22H24N2O2. The molecule has 0 saturated carbocycles. The highest BCUT2D eigenvalue weighted by molar-refractivity contribution is 6.22. The maximum atomic E-state index is 12.9. The summed E-state index contributed by atoms with van der Waals surface area (Å²) >= 11 is 0. The fourth-order valence-electron chi connectivity index (χ4n) is 4.17. The number of carbonyl (C=O) groups is 2. The summed E-state index contributed by atoms with van der Waals surface area (Å²) < 4.78 is 0. The first kappa shape index (κ1) is 17.0. The molecule has 2 heterocycles. The number of benzene rings is 2. The molecule has 2 aromatic carbocycles. The Balaban J connectivity index is 1.37. The molecule has 2 aromatic rings. The maximum Gasteiger partial charge on any atom is 0.251 e. The Morgan fingerprint density at radius 3 is 2.12 bits per heavy atom. The number of imide groups is 1. The summed E-state index contributed by atoms with van der Waals surface area (Å²) in [7, 11) is 0. The second-order valence-corrected chi connectivity index (χ2v) is 7.29. The molecule has 0 bridgehead atoms. The van der Waals surface area contributed by atoms with Crippen LogP contribution in [0.25, 0.3) is 0 Å². The molecule has 2 aliphatic rings. The van der Waals surface area contributed by atoms with Crippen LogP contribution in [-0.4, -0.2) is 35.8 Å². The number of nitrogens with zero attached hydrogens (tertiary/aromatic N) is 2. The minimum absolute atomic E-state index is 0.0669. The lowest BCUT2D eigenvalue weighted by molar-refractivity contribution is -0.123. The van der Waals surface area contributed by atoms with E-state index in [1.165, 1.54) is 10.5 Å². The number of carbonyl (C=O) groups excluding carboxylic acids is 2. The molecule has 134 valence electrons. The third kappa shape index (κ3) is 3.42. The lowest BCUT2D eigenvalue weighted by atomic mass is 9.89. The van der Waals surface area contributed by atoms with Gasteiger partial charge in [-0.15, -0.1) is 0 Å². The van der Waals surface area contributed by atoms with E-state index in [9.17, 15) is 9.59 Å². The van der Waals surface area contributed by atoms with Gasteiger partial charge in [-0.3, -0.25) is 14.5 Å². The van der Waals surface area contributed by atoms with Gasteiger partial charge in [0, 0.05) is 0 Å². The molecule has 4 heteroatoms. The van der Waals surface area contributed by atoms with Crippen LogP contribution in [0.3, 0.4) is 0 Å². The summed E-state index contributed by atoms with van der Waals surface area (Å²) in [6.07, 6.45) is 3.57. The third-order valence-electron chi connectivity index (χ3n) is 5.59. The lowest BCUT2D eigenvalue weighted by Crippen LogP contribution is -2.46. The number of para-hydroxylation sites is 1. The zero-order valence-corrected chi connectivity index (χ0v) is 14.9. The molecule has 1 unspecified atom stereocenters. The molecule has 0 radical (unpaired) electrons. The predicted molar refractivity (Wildman–Crippen MR) is 102 cm³/mol. The second kappa shape index (κ2) is 7.42. The van der Waals surface area contributed by atoms with Gasteiger partial charge >= 0.3 is 0 Å². The number of hydrogen-bond acceptors (Lipinski definition) is 3. The summed E-state index contributed by atoms with van der Waals surface area (Å²) in [4.78, 5) is 28.8. The number of amides is 2. The molecule has 4 rings (SSSR count). The van der Waals surface area contributed by atoms with Crippen molar-refractivity contribution in [3.8, 4) is 0 Å². The van der Waals surface area contributed by atoms with Gasteiger partial charge in [-0.1, -0.05) is 48.5 Å². The normalized spacial score (nSPS) is 22.2. The van der Waals surface area contributed by atoms with Crippen molar-refractivity contribution in [1.29, 1.82) is 0 Å². The first-order valence-electron chi connectivity index (χ1n) is 9.42. The molecular weight excluding hydrogens is 324 g/mol. The summed E-state index contributed by atoms with van der Waals surface area (Å²) in [6.45, 7) is 1.79. The lowest BCUT2D eigenvalue weighted by Gasteiger charge is -2.34. The van der Waals surface area contributed by atoms with E-state index in [0.717, 1.165) is 32.4 Å². The number of rotatable bonds is 4. The Morgan fingerprint density at radius 1 is 0.846 bits per heavy atom. The van der Waals surface area contributed by atoms with Crippen LogP contribution in [0.5, 0.6) is 0 Å². The van der Waals surface area contributed by atoms with Gasteiger partial charge in [0.1, 0.15) is 0 Å². The quantitative estimate of drug-likeness (QED) is 0.796. The van der Waals surface area contributed by atoms with Crippen LogP contribution in [-0.2, 0) is 16.0 Å². The monoisotopic (exact) mass is 348 g/mol. The Kier molecular flexibility index (Phi) is 4.85. The van der Waals surface area contributed by atoms with Gasteiger partial charge in [0.05, 0.1) is 18.2 Å². The van der Waals surface area contributed by atoms with Gasteiger partial charge in [-0.05, 0) is 56.0 Å². The highest BCUT2D eigenvalue weighted by Crippen LogP contribution is 2.29. The van der Waals surface area contributed by atoms with E-state index in [2.05, 4.69) is 29.2 Å². The molecule has 0 aromatic heterocycles. The highest BCUT2D eigenvalue weighted by Gasteiger charge is 2.43. The predicted octanol–water partition coefficient (Wildman–Crippen LogP) is 3.27. The Morgan fingerprint density at radius 2 is 1.46 bits per heavy atom. The Bertz CT molecular complexity index is 767. The molecule has 1 atom stereocenters. The number of likely N-dealkylation sites (tertiary alicyclic amines) is 1. The van der Waals surface area contributed by atoms with Crippen LogP contribution in [0.15, 0.2) is 60.7 Å². The zero-order valence-electron chi connectivity index (χ0n) is 14.9. The molecule has 2 aliphatic heterocycles. The summed E-state index contributed by atoms with van der Waals surface area (Å²) in [6, 6.07) is 19.6. The fraction of sp³-hybridized carbons (Fsp3) is 0.364. The molecule has 0 spiro atoms. The minimum Gasteiger partial charge on any atom is -0.292 e. The molecule has 2 saturated heterocycles. The largest absolute Gasteiger partial charge is 0.292 e. The number of piperidine rings is 1.